The second-order valence-electron chi connectivity index (χ2n) is 7.43. The van der Waals surface area contributed by atoms with Crippen LogP contribution in [0.3, 0.4) is 0 Å². The van der Waals surface area contributed by atoms with Crippen molar-refractivity contribution in [2.45, 2.75) is 31.8 Å². The molecular formula is C24H26N2O2. The fourth-order valence-electron chi connectivity index (χ4n) is 4.09. The molecule has 144 valence electrons. The molecule has 1 aliphatic rings. The standard InChI is InChI=1S/C24H26N2O2/c1-28-24(27)13-12-18-8-10-19(11-9-18)17-26-14-4-5-21(26)15-20-16-25-23-7-3-2-6-22(20)23/h2-3,6-13,16,21,25H,4-5,14-15,17H2,1H3. The zero-order valence-corrected chi connectivity index (χ0v) is 16.2. The number of esters is 1. The number of aromatic amines is 1. The van der Waals surface area contributed by atoms with Crippen LogP contribution in [-0.4, -0.2) is 35.5 Å². The monoisotopic (exact) mass is 374 g/mol. The van der Waals surface area contributed by atoms with Crippen molar-refractivity contribution in [1.29, 1.82) is 0 Å². The van der Waals surface area contributed by atoms with E-state index in [9.17, 15) is 4.79 Å². The number of benzene rings is 2. The van der Waals surface area contributed by atoms with Gasteiger partial charge >= 0.3 is 5.97 Å². The normalized spacial score (nSPS) is 17.5. The number of carbonyl (C=O) groups excluding carboxylic acids is 1. The van der Waals surface area contributed by atoms with Crippen LogP contribution in [-0.2, 0) is 22.5 Å². The third kappa shape index (κ3) is 4.18. The molecule has 2 aromatic carbocycles. The van der Waals surface area contributed by atoms with Crippen LogP contribution in [0.4, 0.5) is 0 Å². The molecule has 1 aliphatic heterocycles. The van der Waals surface area contributed by atoms with Gasteiger partial charge in [-0.05, 0) is 54.6 Å². The summed E-state index contributed by atoms with van der Waals surface area (Å²) in [5, 5.41) is 1.34. The van der Waals surface area contributed by atoms with Crippen molar-refractivity contribution in [2.75, 3.05) is 13.7 Å². The van der Waals surface area contributed by atoms with Crippen molar-refractivity contribution in [1.82, 2.24) is 9.88 Å². The maximum absolute atomic E-state index is 11.2. The van der Waals surface area contributed by atoms with Crippen molar-refractivity contribution >= 4 is 22.9 Å². The Morgan fingerprint density at radius 2 is 2.04 bits per heavy atom. The number of para-hydroxylation sites is 1. The molecule has 4 nitrogen and oxygen atoms in total. The van der Waals surface area contributed by atoms with E-state index in [0.717, 1.165) is 25.1 Å². The molecule has 2 heterocycles. The SMILES string of the molecule is COC(=O)C=Cc1ccc(CN2CCCC2Cc2c[nH]c3ccccc23)cc1. The minimum Gasteiger partial charge on any atom is -0.466 e. The Labute approximate surface area is 165 Å². The Morgan fingerprint density at radius 3 is 2.86 bits per heavy atom. The van der Waals surface area contributed by atoms with E-state index in [1.165, 1.54) is 48.1 Å². The number of carbonyl (C=O) groups is 1. The highest BCUT2D eigenvalue weighted by atomic mass is 16.5. The van der Waals surface area contributed by atoms with Crippen LogP contribution >= 0.6 is 0 Å². The number of ether oxygens (including phenoxy) is 1. The fraction of sp³-hybridized carbons (Fsp3) is 0.292. The lowest BCUT2D eigenvalue weighted by Gasteiger charge is -2.24. The summed E-state index contributed by atoms with van der Waals surface area (Å²) in [7, 11) is 1.39. The number of aromatic nitrogens is 1. The summed E-state index contributed by atoms with van der Waals surface area (Å²) in [6.07, 6.45) is 9.00. The molecule has 0 aliphatic carbocycles. The number of fused-ring (bicyclic) bond motifs is 1. The van der Waals surface area contributed by atoms with Crippen molar-refractivity contribution in [2.24, 2.45) is 0 Å². The average Bonchev–Trinajstić information content (AvgIpc) is 3.35. The predicted molar refractivity (Wildman–Crippen MR) is 113 cm³/mol. The predicted octanol–water partition coefficient (Wildman–Crippen LogP) is 4.56. The number of H-pyrrole nitrogens is 1. The van der Waals surface area contributed by atoms with E-state index in [0.29, 0.717) is 6.04 Å². The first-order valence-corrected chi connectivity index (χ1v) is 9.87. The number of nitrogens with one attached hydrogen (secondary N) is 1. The Hall–Kier alpha value is -2.85. The molecular weight excluding hydrogens is 348 g/mol. The molecule has 4 heteroatoms. The molecule has 4 rings (SSSR count). The molecule has 0 amide bonds. The molecule has 1 atom stereocenters. The third-order valence-electron chi connectivity index (χ3n) is 5.61. The van der Waals surface area contributed by atoms with Gasteiger partial charge in [0.2, 0.25) is 0 Å². The fourth-order valence-corrected chi connectivity index (χ4v) is 4.09. The number of hydrogen-bond donors (Lipinski definition) is 1. The van der Waals surface area contributed by atoms with Gasteiger partial charge in [0.1, 0.15) is 0 Å². The summed E-state index contributed by atoms with van der Waals surface area (Å²) in [5.74, 6) is -0.332. The van der Waals surface area contributed by atoms with Crippen LogP contribution in [0.25, 0.3) is 17.0 Å². The van der Waals surface area contributed by atoms with Crippen molar-refractivity contribution in [3.63, 3.8) is 0 Å². The minimum absolute atomic E-state index is 0.332. The zero-order valence-electron chi connectivity index (χ0n) is 16.2. The highest BCUT2D eigenvalue weighted by Crippen LogP contribution is 2.27. The van der Waals surface area contributed by atoms with Crippen LogP contribution in [0.2, 0.25) is 0 Å². The summed E-state index contributed by atoms with van der Waals surface area (Å²) in [6, 6.07) is 17.5. The average molecular weight is 374 g/mol. The van der Waals surface area contributed by atoms with Crippen LogP contribution in [0.15, 0.2) is 60.8 Å². The van der Waals surface area contributed by atoms with Crippen LogP contribution in [0, 0.1) is 0 Å². The molecule has 0 radical (unpaired) electrons. The Balaban J connectivity index is 1.41. The molecule has 28 heavy (non-hydrogen) atoms. The second-order valence-corrected chi connectivity index (χ2v) is 7.43. The number of hydrogen-bond acceptors (Lipinski definition) is 3. The second kappa shape index (κ2) is 8.44. The number of methoxy groups -OCH3 is 1. The summed E-state index contributed by atoms with van der Waals surface area (Å²) in [5.41, 5.74) is 4.94. The van der Waals surface area contributed by atoms with Gasteiger partial charge in [-0.2, -0.15) is 0 Å². The summed E-state index contributed by atoms with van der Waals surface area (Å²) in [6.45, 7) is 2.12. The minimum atomic E-state index is -0.332. The molecule has 0 spiro atoms. The van der Waals surface area contributed by atoms with Gasteiger partial charge in [-0.25, -0.2) is 4.79 Å². The summed E-state index contributed by atoms with van der Waals surface area (Å²) >= 11 is 0. The van der Waals surface area contributed by atoms with E-state index < -0.39 is 0 Å². The highest BCUT2D eigenvalue weighted by molar-refractivity contribution is 5.86. The molecule has 0 bridgehead atoms. The first kappa shape index (κ1) is 18.5. The van der Waals surface area contributed by atoms with Crippen molar-refractivity contribution < 1.29 is 9.53 Å². The quantitative estimate of drug-likeness (QED) is 0.508. The van der Waals surface area contributed by atoms with E-state index in [4.69, 9.17) is 0 Å². The molecule has 1 fully saturated rings. The van der Waals surface area contributed by atoms with Crippen LogP contribution < -0.4 is 0 Å². The lowest BCUT2D eigenvalue weighted by atomic mass is 10.0. The van der Waals surface area contributed by atoms with E-state index in [2.05, 4.69) is 69.3 Å². The number of likely N-dealkylation sites (tertiary alicyclic amines) is 1. The molecule has 1 saturated heterocycles. The smallest absolute Gasteiger partial charge is 0.330 e. The van der Waals surface area contributed by atoms with Crippen molar-refractivity contribution in [3.05, 3.63) is 77.5 Å². The summed E-state index contributed by atoms with van der Waals surface area (Å²) < 4.78 is 4.63. The highest BCUT2D eigenvalue weighted by Gasteiger charge is 2.25. The summed E-state index contributed by atoms with van der Waals surface area (Å²) in [4.78, 5) is 17.2. The topological polar surface area (TPSA) is 45.3 Å². The van der Waals surface area contributed by atoms with Gasteiger partial charge in [0, 0.05) is 35.8 Å². The van der Waals surface area contributed by atoms with Gasteiger partial charge in [-0.3, -0.25) is 4.90 Å². The Kier molecular flexibility index (Phi) is 5.58. The van der Waals surface area contributed by atoms with E-state index in [-0.39, 0.29) is 5.97 Å². The first-order chi connectivity index (χ1) is 13.7. The molecule has 1 N–H and O–H groups in total. The molecule has 1 unspecified atom stereocenters. The molecule has 0 saturated carbocycles. The maximum Gasteiger partial charge on any atom is 0.330 e. The largest absolute Gasteiger partial charge is 0.466 e. The van der Waals surface area contributed by atoms with Gasteiger partial charge in [0.05, 0.1) is 7.11 Å². The van der Waals surface area contributed by atoms with E-state index >= 15 is 0 Å². The van der Waals surface area contributed by atoms with Crippen LogP contribution in [0.1, 0.15) is 29.5 Å². The number of nitrogens with zero attached hydrogens (tertiary/aromatic N) is 1. The van der Waals surface area contributed by atoms with Gasteiger partial charge in [0.15, 0.2) is 0 Å². The molecule has 3 aromatic rings. The Bertz CT molecular complexity index is 972. The lowest BCUT2D eigenvalue weighted by molar-refractivity contribution is -0.134. The number of rotatable bonds is 6. The first-order valence-electron chi connectivity index (χ1n) is 9.87. The Morgan fingerprint density at radius 1 is 1.21 bits per heavy atom. The zero-order chi connectivity index (χ0) is 19.3. The van der Waals surface area contributed by atoms with Crippen LogP contribution in [0.5, 0.6) is 0 Å². The molecule has 1 aromatic heterocycles. The maximum atomic E-state index is 11.2. The van der Waals surface area contributed by atoms with Gasteiger partial charge < -0.3 is 9.72 Å². The van der Waals surface area contributed by atoms with Gasteiger partial charge in [-0.15, -0.1) is 0 Å². The van der Waals surface area contributed by atoms with Gasteiger partial charge in [-0.1, -0.05) is 42.5 Å². The van der Waals surface area contributed by atoms with E-state index in [1.54, 1.807) is 6.08 Å². The van der Waals surface area contributed by atoms with Gasteiger partial charge in [0.25, 0.3) is 0 Å². The third-order valence-corrected chi connectivity index (χ3v) is 5.61. The van der Waals surface area contributed by atoms with E-state index in [1.807, 2.05) is 0 Å². The van der Waals surface area contributed by atoms with Crippen molar-refractivity contribution in [3.8, 4) is 0 Å². The lowest BCUT2D eigenvalue weighted by Crippen LogP contribution is -2.30.